The topological polar surface area (TPSA) is 49.8 Å². The van der Waals surface area contributed by atoms with E-state index in [-0.39, 0.29) is 18.7 Å². The first-order valence-corrected chi connectivity index (χ1v) is 8.32. The molecule has 1 aliphatic heterocycles. The summed E-state index contributed by atoms with van der Waals surface area (Å²) < 4.78 is 6.34. The number of hydrogen-bond donors (Lipinski definition) is 1. The fourth-order valence-corrected chi connectivity index (χ4v) is 2.91. The number of nitrogens with zero attached hydrogens (tertiary/aromatic N) is 1. The molecule has 4 nitrogen and oxygen atoms in total. The number of carbonyl (C=O) groups excluding carboxylic acids is 1. The first-order chi connectivity index (χ1) is 11.1. The lowest BCUT2D eigenvalue weighted by atomic mass is 9.93. The second-order valence-electron chi connectivity index (χ2n) is 5.66. The van der Waals surface area contributed by atoms with Crippen LogP contribution >= 0.6 is 15.9 Å². The van der Waals surface area contributed by atoms with Gasteiger partial charge in [-0.2, -0.15) is 0 Å². The van der Waals surface area contributed by atoms with Gasteiger partial charge in [0.25, 0.3) is 0 Å². The van der Waals surface area contributed by atoms with Crippen molar-refractivity contribution < 1.29 is 14.6 Å². The van der Waals surface area contributed by atoms with Gasteiger partial charge in [-0.25, -0.2) is 4.79 Å². The Morgan fingerprint density at radius 3 is 2.48 bits per heavy atom. The summed E-state index contributed by atoms with van der Waals surface area (Å²) in [6.07, 6.45) is -0.251. The molecule has 0 spiro atoms. The first kappa shape index (κ1) is 16.0. The van der Waals surface area contributed by atoms with Gasteiger partial charge in [0, 0.05) is 4.47 Å². The Labute approximate surface area is 143 Å². The molecule has 2 unspecified atom stereocenters. The van der Waals surface area contributed by atoms with Gasteiger partial charge < -0.3 is 9.84 Å². The molecule has 0 aromatic heterocycles. The minimum Gasteiger partial charge on any atom is -0.445 e. The third-order valence-electron chi connectivity index (χ3n) is 4.03. The predicted octanol–water partition coefficient (Wildman–Crippen LogP) is 3.37. The summed E-state index contributed by atoms with van der Waals surface area (Å²) in [5.74, 6) is 0. The van der Waals surface area contributed by atoms with E-state index < -0.39 is 6.10 Å². The van der Waals surface area contributed by atoms with Crippen LogP contribution < -0.4 is 0 Å². The minimum absolute atomic E-state index is 0.223. The Hall–Kier alpha value is -1.85. The number of halogens is 1. The Balaban J connectivity index is 1.56. The largest absolute Gasteiger partial charge is 0.445 e. The smallest absolute Gasteiger partial charge is 0.410 e. The standard InChI is InChI=1S/C18H18BrNO3/c19-15-8-6-13(7-9-15)10-16-17(21)11-20(16)18(22)23-12-14-4-2-1-3-5-14/h1-9,16-17,21H,10-12H2. The van der Waals surface area contributed by atoms with Crippen LogP contribution in [0.25, 0.3) is 0 Å². The average molecular weight is 376 g/mol. The lowest BCUT2D eigenvalue weighted by molar-refractivity contribution is -0.0547. The zero-order valence-corrected chi connectivity index (χ0v) is 14.1. The lowest BCUT2D eigenvalue weighted by Crippen LogP contribution is -2.63. The molecule has 1 amide bonds. The van der Waals surface area contributed by atoms with E-state index in [0.717, 1.165) is 15.6 Å². The Bertz CT molecular complexity index is 660. The molecule has 120 valence electrons. The van der Waals surface area contributed by atoms with Gasteiger partial charge in [-0.1, -0.05) is 58.4 Å². The number of aliphatic hydroxyl groups excluding tert-OH is 1. The molecule has 0 aliphatic carbocycles. The highest BCUT2D eigenvalue weighted by molar-refractivity contribution is 9.10. The molecule has 1 heterocycles. The van der Waals surface area contributed by atoms with Crippen LogP contribution in [0.3, 0.4) is 0 Å². The molecule has 1 N–H and O–H groups in total. The van der Waals surface area contributed by atoms with Crippen molar-refractivity contribution in [1.82, 2.24) is 4.90 Å². The Morgan fingerprint density at radius 2 is 1.83 bits per heavy atom. The maximum atomic E-state index is 12.2. The highest BCUT2D eigenvalue weighted by Crippen LogP contribution is 2.24. The van der Waals surface area contributed by atoms with Gasteiger partial charge in [-0.05, 0) is 29.7 Å². The number of benzene rings is 2. The van der Waals surface area contributed by atoms with Gasteiger partial charge in [0.1, 0.15) is 6.61 Å². The van der Waals surface area contributed by atoms with Gasteiger partial charge in [0.2, 0.25) is 0 Å². The second kappa shape index (κ2) is 7.15. The molecule has 0 saturated carbocycles. The van der Waals surface area contributed by atoms with E-state index in [2.05, 4.69) is 15.9 Å². The fourth-order valence-electron chi connectivity index (χ4n) is 2.65. The van der Waals surface area contributed by atoms with Gasteiger partial charge in [0.15, 0.2) is 0 Å². The highest BCUT2D eigenvalue weighted by Gasteiger charge is 2.41. The zero-order valence-electron chi connectivity index (χ0n) is 12.6. The van der Waals surface area contributed by atoms with Crippen molar-refractivity contribution in [2.24, 2.45) is 0 Å². The summed E-state index contributed by atoms with van der Waals surface area (Å²) in [5.41, 5.74) is 2.03. The molecule has 0 bridgehead atoms. The van der Waals surface area contributed by atoms with Crippen molar-refractivity contribution in [2.45, 2.75) is 25.2 Å². The molecular weight excluding hydrogens is 358 g/mol. The van der Waals surface area contributed by atoms with Crippen LogP contribution in [-0.2, 0) is 17.8 Å². The van der Waals surface area contributed by atoms with E-state index >= 15 is 0 Å². The van der Waals surface area contributed by atoms with E-state index in [1.807, 2.05) is 54.6 Å². The third kappa shape index (κ3) is 3.92. The predicted molar refractivity (Wildman–Crippen MR) is 91.0 cm³/mol. The van der Waals surface area contributed by atoms with Crippen LogP contribution in [0, 0.1) is 0 Å². The van der Waals surface area contributed by atoms with E-state index in [1.165, 1.54) is 0 Å². The summed E-state index contributed by atoms with van der Waals surface area (Å²) in [4.78, 5) is 13.8. The molecule has 3 rings (SSSR count). The number of likely N-dealkylation sites (tertiary alicyclic amines) is 1. The quantitative estimate of drug-likeness (QED) is 0.890. The van der Waals surface area contributed by atoms with Crippen LogP contribution in [0.4, 0.5) is 4.79 Å². The van der Waals surface area contributed by atoms with Gasteiger partial charge >= 0.3 is 6.09 Å². The number of carbonyl (C=O) groups is 1. The zero-order chi connectivity index (χ0) is 16.2. The SMILES string of the molecule is O=C(OCc1ccccc1)N1CC(O)C1Cc1ccc(Br)cc1. The van der Waals surface area contributed by atoms with Crippen molar-refractivity contribution in [2.75, 3.05) is 6.54 Å². The van der Waals surface area contributed by atoms with Crippen molar-refractivity contribution in [3.05, 3.63) is 70.2 Å². The molecule has 1 saturated heterocycles. The number of amides is 1. The normalized spacial score (nSPS) is 20.0. The third-order valence-corrected chi connectivity index (χ3v) is 4.55. The van der Waals surface area contributed by atoms with Crippen molar-refractivity contribution in [3.63, 3.8) is 0 Å². The molecule has 2 aromatic carbocycles. The van der Waals surface area contributed by atoms with Gasteiger partial charge in [-0.15, -0.1) is 0 Å². The highest BCUT2D eigenvalue weighted by atomic mass is 79.9. The number of aliphatic hydroxyl groups is 1. The van der Waals surface area contributed by atoms with Crippen molar-refractivity contribution in [1.29, 1.82) is 0 Å². The maximum Gasteiger partial charge on any atom is 0.410 e. The van der Waals surface area contributed by atoms with Crippen molar-refractivity contribution >= 4 is 22.0 Å². The van der Waals surface area contributed by atoms with Gasteiger partial charge in [-0.3, -0.25) is 4.90 Å². The average Bonchev–Trinajstić information content (AvgIpc) is 2.58. The summed E-state index contributed by atoms with van der Waals surface area (Å²) in [6.45, 7) is 0.575. The fraction of sp³-hybridized carbons (Fsp3) is 0.278. The summed E-state index contributed by atoms with van der Waals surface area (Å²) in [6, 6.07) is 17.2. The molecule has 0 radical (unpaired) electrons. The summed E-state index contributed by atoms with van der Waals surface area (Å²) in [5, 5.41) is 9.97. The number of β-amino-alcohol motifs (C(OH)–C–C–N with tert-alkyl or cyclic N) is 1. The Morgan fingerprint density at radius 1 is 1.13 bits per heavy atom. The lowest BCUT2D eigenvalue weighted by Gasteiger charge is -2.44. The molecule has 23 heavy (non-hydrogen) atoms. The van der Waals surface area contributed by atoms with Gasteiger partial charge in [0.05, 0.1) is 18.7 Å². The molecule has 5 heteroatoms. The van der Waals surface area contributed by atoms with Crippen LogP contribution in [0.15, 0.2) is 59.1 Å². The first-order valence-electron chi connectivity index (χ1n) is 7.53. The molecule has 1 fully saturated rings. The van der Waals surface area contributed by atoms with Crippen LogP contribution in [0.1, 0.15) is 11.1 Å². The van der Waals surface area contributed by atoms with E-state index in [1.54, 1.807) is 4.90 Å². The van der Waals surface area contributed by atoms with E-state index in [9.17, 15) is 9.90 Å². The van der Waals surface area contributed by atoms with Crippen LogP contribution in [-0.4, -0.2) is 34.8 Å². The second-order valence-corrected chi connectivity index (χ2v) is 6.57. The maximum absolute atomic E-state index is 12.2. The molecule has 2 aromatic rings. The molecule has 2 atom stereocenters. The van der Waals surface area contributed by atoms with Crippen LogP contribution in [0.2, 0.25) is 0 Å². The minimum atomic E-state index is -0.497. The molecule has 1 aliphatic rings. The Kier molecular flexibility index (Phi) is 4.98. The number of ether oxygens (including phenoxy) is 1. The van der Waals surface area contributed by atoms with E-state index in [4.69, 9.17) is 4.74 Å². The van der Waals surface area contributed by atoms with E-state index in [0.29, 0.717) is 13.0 Å². The number of rotatable bonds is 4. The summed E-state index contributed by atoms with van der Waals surface area (Å²) >= 11 is 3.40. The molecular formula is C18H18BrNO3. The number of hydrogen-bond acceptors (Lipinski definition) is 3. The summed E-state index contributed by atoms with van der Waals surface area (Å²) in [7, 11) is 0. The van der Waals surface area contributed by atoms with Crippen LogP contribution in [0.5, 0.6) is 0 Å². The monoisotopic (exact) mass is 375 g/mol. The van der Waals surface area contributed by atoms with Crippen molar-refractivity contribution in [3.8, 4) is 0 Å².